The van der Waals surface area contributed by atoms with E-state index in [0.29, 0.717) is 24.5 Å². The van der Waals surface area contributed by atoms with Gasteiger partial charge in [-0.25, -0.2) is 0 Å². The highest BCUT2D eigenvalue weighted by Gasteiger charge is 2.11. The number of carbonyl (C=O) groups is 1. The van der Waals surface area contributed by atoms with E-state index < -0.39 is 0 Å². The fourth-order valence-corrected chi connectivity index (χ4v) is 3.14. The number of halogens is 2. The van der Waals surface area contributed by atoms with Gasteiger partial charge in [-0.05, 0) is 63.0 Å². The Bertz CT molecular complexity index is 604. The lowest BCUT2D eigenvalue weighted by Gasteiger charge is -2.12. The average Bonchev–Trinajstić information content (AvgIpc) is 2.46. The molecule has 0 amide bonds. The zero-order valence-corrected chi connectivity index (χ0v) is 14.6. The summed E-state index contributed by atoms with van der Waals surface area (Å²) in [5, 5.41) is 0. The molecule has 0 saturated carbocycles. The highest BCUT2D eigenvalue weighted by Crippen LogP contribution is 2.34. The van der Waals surface area contributed by atoms with Gasteiger partial charge >= 0.3 is 0 Å². The van der Waals surface area contributed by atoms with Crippen LogP contribution in [0.3, 0.4) is 0 Å². The number of para-hydroxylation sites is 1. The highest BCUT2D eigenvalue weighted by atomic mass is 79.9. The van der Waals surface area contributed by atoms with Crippen LogP contribution in [0.2, 0.25) is 0 Å². The van der Waals surface area contributed by atoms with Gasteiger partial charge in [0.1, 0.15) is 24.7 Å². The average molecular weight is 414 g/mol. The molecule has 0 aliphatic carbocycles. The van der Waals surface area contributed by atoms with E-state index in [1.165, 1.54) is 6.92 Å². The van der Waals surface area contributed by atoms with E-state index >= 15 is 0 Å². The van der Waals surface area contributed by atoms with Crippen LogP contribution in [0.5, 0.6) is 11.5 Å². The molecule has 3 nitrogen and oxygen atoms in total. The SMILES string of the molecule is CC(=O)c1cc(Br)c(OCCOc2ccccc2)c(Br)c1. The lowest BCUT2D eigenvalue weighted by atomic mass is 10.1. The molecule has 0 atom stereocenters. The van der Waals surface area contributed by atoms with Gasteiger partial charge in [0.05, 0.1) is 8.95 Å². The maximum Gasteiger partial charge on any atom is 0.159 e. The van der Waals surface area contributed by atoms with Gasteiger partial charge in [-0.1, -0.05) is 18.2 Å². The van der Waals surface area contributed by atoms with Crippen molar-refractivity contribution in [3.63, 3.8) is 0 Å². The number of carbonyl (C=O) groups excluding carboxylic acids is 1. The standard InChI is InChI=1S/C16H14Br2O3/c1-11(19)12-9-14(17)16(15(18)10-12)21-8-7-20-13-5-3-2-4-6-13/h2-6,9-10H,7-8H2,1H3. The first-order chi connectivity index (χ1) is 10.1. The molecule has 0 fully saturated rings. The van der Waals surface area contributed by atoms with Gasteiger partial charge in [0.25, 0.3) is 0 Å². The number of ether oxygens (including phenoxy) is 2. The minimum Gasteiger partial charge on any atom is -0.490 e. The molecule has 2 aromatic carbocycles. The number of Topliss-reactive ketones (excluding diaryl/α,β-unsaturated/α-hetero) is 1. The third-order valence-corrected chi connectivity index (χ3v) is 3.92. The molecule has 0 heterocycles. The Hall–Kier alpha value is -1.33. The van der Waals surface area contributed by atoms with Crippen LogP contribution in [-0.2, 0) is 0 Å². The highest BCUT2D eigenvalue weighted by molar-refractivity contribution is 9.11. The Morgan fingerprint density at radius 2 is 1.57 bits per heavy atom. The second-order valence-electron chi connectivity index (χ2n) is 4.34. The summed E-state index contributed by atoms with van der Waals surface area (Å²) in [6.45, 7) is 2.38. The summed E-state index contributed by atoms with van der Waals surface area (Å²) >= 11 is 6.83. The molecule has 21 heavy (non-hydrogen) atoms. The van der Waals surface area contributed by atoms with Gasteiger partial charge in [0, 0.05) is 5.56 Å². The summed E-state index contributed by atoms with van der Waals surface area (Å²) in [5.41, 5.74) is 0.627. The van der Waals surface area contributed by atoms with Gasteiger partial charge in [0.2, 0.25) is 0 Å². The first-order valence-corrected chi connectivity index (χ1v) is 7.97. The summed E-state index contributed by atoms with van der Waals surface area (Å²) in [6.07, 6.45) is 0. The van der Waals surface area contributed by atoms with Crippen molar-refractivity contribution in [3.05, 3.63) is 57.0 Å². The molecule has 0 aromatic heterocycles. The number of hydrogen-bond acceptors (Lipinski definition) is 3. The quantitative estimate of drug-likeness (QED) is 0.500. The van der Waals surface area contributed by atoms with Crippen LogP contribution < -0.4 is 9.47 Å². The minimum absolute atomic E-state index is 0.00959. The Labute approximate surface area is 140 Å². The van der Waals surface area contributed by atoms with Gasteiger partial charge in [-0.15, -0.1) is 0 Å². The zero-order valence-electron chi connectivity index (χ0n) is 11.4. The van der Waals surface area contributed by atoms with Crippen LogP contribution in [-0.4, -0.2) is 19.0 Å². The second-order valence-corrected chi connectivity index (χ2v) is 6.04. The van der Waals surface area contributed by atoms with E-state index in [1.54, 1.807) is 12.1 Å². The van der Waals surface area contributed by atoms with E-state index in [4.69, 9.17) is 9.47 Å². The third kappa shape index (κ3) is 4.58. The summed E-state index contributed by atoms with van der Waals surface area (Å²) in [5.74, 6) is 1.48. The second kappa shape index (κ2) is 7.61. The van der Waals surface area contributed by atoms with Crippen molar-refractivity contribution in [2.45, 2.75) is 6.92 Å². The molecule has 2 aromatic rings. The van der Waals surface area contributed by atoms with Crippen molar-refractivity contribution in [1.82, 2.24) is 0 Å². The predicted octanol–water partition coefficient (Wildman–Crippen LogP) is 4.87. The number of hydrogen-bond donors (Lipinski definition) is 0. The molecule has 0 bridgehead atoms. The summed E-state index contributed by atoms with van der Waals surface area (Å²) in [4.78, 5) is 11.4. The molecular formula is C16H14Br2O3. The predicted molar refractivity (Wildman–Crippen MR) is 89.3 cm³/mol. The van der Waals surface area contributed by atoms with E-state index in [-0.39, 0.29) is 5.78 Å². The first-order valence-electron chi connectivity index (χ1n) is 6.38. The fourth-order valence-electron chi connectivity index (χ4n) is 1.72. The summed E-state index contributed by atoms with van der Waals surface area (Å²) in [7, 11) is 0. The van der Waals surface area contributed by atoms with Crippen molar-refractivity contribution < 1.29 is 14.3 Å². The first kappa shape index (κ1) is 16.0. The van der Waals surface area contributed by atoms with Crippen LogP contribution >= 0.6 is 31.9 Å². The molecule has 0 unspecified atom stereocenters. The molecule has 0 spiro atoms. The number of rotatable bonds is 6. The molecule has 0 saturated heterocycles. The lowest BCUT2D eigenvalue weighted by molar-refractivity contribution is 0.101. The van der Waals surface area contributed by atoms with Gasteiger partial charge in [0.15, 0.2) is 5.78 Å². The van der Waals surface area contributed by atoms with Crippen LogP contribution in [0, 0.1) is 0 Å². The Morgan fingerprint density at radius 1 is 1.00 bits per heavy atom. The van der Waals surface area contributed by atoms with E-state index in [9.17, 15) is 4.79 Å². The lowest BCUT2D eigenvalue weighted by Crippen LogP contribution is -2.09. The Morgan fingerprint density at radius 3 is 2.14 bits per heavy atom. The third-order valence-electron chi connectivity index (χ3n) is 2.75. The van der Waals surface area contributed by atoms with Crippen molar-refractivity contribution >= 4 is 37.6 Å². The molecule has 0 aliphatic heterocycles. The molecule has 0 N–H and O–H groups in total. The molecule has 110 valence electrons. The van der Waals surface area contributed by atoms with Crippen molar-refractivity contribution in [2.75, 3.05) is 13.2 Å². The Balaban J connectivity index is 1.93. The van der Waals surface area contributed by atoms with Crippen LogP contribution in [0.15, 0.2) is 51.4 Å². The largest absolute Gasteiger partial charge is 0.490 e. The van der Waals surface area contributed by atoms with Crippen LogP contribution in [0.1, 0.15) is 17.3 Å². The van der Waals surface area contributed by atoms with E-state index in [0.717, 1.165) is 14.7 Å². The van der Waals surface area contributed by atoms with Crippen molar-refractivity contribution in [3.8, 4) is 11.5 Å². The van der Waals surface area contributed by atoms with Crippen molar-refractivity contribution in [2.24, 2.45) is 0 Å². The molecule has 5 heteroatoms. The van der Waals surface area contributed by atoms with Crippen molar-refractivity contribution in [1.29, 1.82) is 0 Å². The molecule has 2 rings (SSSR count). The zero-order chi connectivity index (χ0) is 15.2. The maximum atomic E-state index is 11.4. The molecule has 0 radical (unpaired) electrons. The van der Waals surface area contributed by atoms with Gasteiger partial charge in [-0.2, -0.15) is 0 Å². The number of ketones is 1. The number of benzene rings is 2. The van der Waals surface area contributed by atoms with Gasteiger partial charge < -0.3 is 9.47 Å². The summed E-state index contributed by atoms with van der Waals surface area (Å²) in [6, 6.07) is 13.1. The van der Waals surface area contributed by atoms with Gasteiger partial charge in [-0.3, -0.25) is 4.79 Å². The molecular weight excluding hydrogens is 400 g/mol. The van der Waals surface area contributed by atoms with E-state index in [1.807, 2.05) is 30.3 Å². The topological polar surface area (TPSA) is 35.5 Å². The monoisotopic (exact) mass is 412 g/mol. The molecule has 0 aliphatic rings. The fraction of sp³-hybridized carbons (Fsp3) is 0.188. The van der Waals surface area contributed by atoms with Crippen LogP contribution in [0.25, 0.3) is 0 Å². The Kier molecular flexibility index (Phi) is 5.82. The maximum absolute atomic E-state index is 11.4. The minimum atomic E-state index is 0.00959. The van der Waals surface area contributed by atoms with Crippen LogP contribution in [0.4, 0.5) is 0 Å². The normalized spacial score (nSPS) is 10.2. The smallest absolute Gasteiger partial charge is 0.159 e. The summed E-state index contributed by atoms with van der Waals surface area (Å²) < 4.78 is 12.7. The van der Waals surface area contributed by atoms with E-state index in [2.05, 4.69) is 31.9 Å².